The van der Waals surface area contributed by atoms with E-state index in [1.807, 2.05) is 0 Å². The van der Waals surface area contributed by atoms with Crippen LogP contribution in [0.4, 0.5) is 0 Å². The molecule has 0 rings (SSSR count). The summed E-state index contributed by atoms with van der Waals surface area (Å²) in [6.45, 7) is 4.34. The zero-order valence-corrected chi connectivity index (χ0v) is 23.2. The van der Waals surface area contributed by atoms with Crippen molar-refractivity contribution >= 4 is 10.1 Å². The standard InChI is InChI=1S/C24H50O4S.Na/c1-3-5-7-8-9-10-11-12-13-14-15-16-17-21-24(29(26,27)28)22-18-20-23(25)19-6-4-2;/h23-25H,3-22H2,1-2H3,(H,26,27,28);/q;+1/p-1. The summed E-state index contributed by atoms with van der Waals surface area (Å²) in [4.78, 5) is 0. The zero-order chi connectivity index (χ0) is 21.8. The number of aliphatic hydroxyl groups is 1. The molecule has 176 valence electrons. The molecule has 0 radical (unpaired) electrons. The van der Waals surface area contributed by atoms with Gasteiger partial charge in [0, 0.05) is 5.25 Å². The van der Waals surface area contributed by atoms with E-state index in [0.717, 1.165) is 38.5 Å². The Kier molecular flexibility index (Phi) is 25.4. The van der Waals surface area contributed by atoms with Gasteiger partial charge in [0.05, 0.1) is 16.2 Å². The largest absolute Gasteiger partial charge is 1.00 e. The Balaban J connectivity index is 0. The van der Waals surface area contributed by atoms with E-state index >= 15 is 0 Å². The van der Waals surface area contributed by atoms with Gasteiger partial charge in [0.25, 0.3) is 0 Å². The van der Waals surface area contributed by atoms with Gasteiger partial charge in [-0.05, 0) is 32.1 Å². The molecule has 0 aromatic rings. The van der Waals surface area contributed by atoms with E-state index in [1.54, 1.807) is 0 Å². The molecule has 0 aromatic carbocycles. The molecule has 0 aromatic heterocycles. The third-order valence-electron chi connectivity index (χ3n) is 5.99. The van der Waals surface area contributed by atoms with Crippen LogP contribution in [0, 0.1) is 0 Å². The predicted molar refractivity (Wildman–Crippen MR) is 123 cm³/mol. The molecule has 0 saturated heterocycles. The van der Waals surface area contributed by atoms with Gasteiger partial charge < -0.3 is 9.66 Å². The molecular weight excluding hydrogens is 407 g/mol. The molecule has 30 heavy (non-hydrogen) atoms. The first-order chi connectivity index (χ1) is 13.9. The predicted octanol–water partition coefficient (Wildman–Crippen LogP) is 4.11. The maximum Gasteiger partial charge on any atom is 1.00 e. The van der Waals surface area contributed by atoms with Crippen molar-refractivity contribution in [2.45, 2.75) is 154 Å². The van der Waals surface area contributed by atoms with Gasteiger partial charge in [-0.25, -0.2) is 8.42 Å². The summed E-state index contributed by atoms with van der Waals surface area (Å²) in [5, 5.41) is 9.10. The van der Waals surface area contributed by atoms with Gasteiger partial charge in [0.2, 0.25) is 0 Å². The molecule has 2 unspecified atom stereocenters. The number of rotatable bonds is 22. The Hall–Kier alpha value is 0.870. The Bertz CT molecular complexity index is 442. The first-order valence-electron chi connectivity index (χ1n) is 12.5. The molecule has 0 aliphatic rings. The molecule has 0 spiro atoms. The maximum absolute atomic E-state index is 11.5. The minimum atomic E-state index is -4.23. The quantitative estimate of drug-likeness (QED) is 0.151. The van der Waals surface area contributed by atoms with Crippen LogP contribution in [-0.2, 0) is 10.1 Å². The second-order valence-corrected chi connectivity index (χ2v) is 10.5. The van der Waals surface area contributed by atoms with Crippen molar-refractivity contribution < 1.29 is 47.6 Å². The monoisotopic (exact) mass is 456 g/mol. The third kappa shape index (κ3) is 22.1. The number of hydrogen-bond donors (Lipinski definition) is 1. The van der Waals surface area contributed by atoms with Crippen LogP contribution in [-0.4, -0.2) is 29.4 Å². The maximum atomic E-state index is 11.5. The second-order valence-electron chi connectivity index (χ2n) is 8.87. The van der Waals surface area contributed by atoms with E-state index in [2.05, 4.69) is 13.8 Å². The fourth-order valence-corrected chi connectivity index (χ4v) is 4.90. The molecule has 0 aliphatic heterocycles. The van der Waals surface area contributed by atoms with E-state index < -0.39 is 15.4 Å². The Morgan fingerprint density at radius 2 is 0.967 bits per heavy atom. The van der Waals surface area contributed by atoms with E-state index in [0.29, 0.717) is 25.7 Å². The van der Waals surface area contributed by atoms with E-state index in [9.17, 15) is 18.1 Å². The van der Waals surface area contributed by atoms with Gasteiger partial charge in [-0.3, -0.25) is 0 Å². The number of unbranched alkanes of at least 4 members (excludes halogenated alkanes) is 13. The van der Waals surface area contributed by atoms with Crippen molar-refractivity contribution in [2.75, 3.05) is 0 Å². The molecule has 4 nitrogen and oxygen atoms in total. The third-order valence-corrected chi connectivity index (χ3v) is 7.28. The Labute approximate surface area is 210 Å². The van der Waals surface area contributed by atoms with Gasteiger partial charge in [0.1, 0.15) is 0 Å². The molecule has 0 aliphatic carbocycles. The summed E-state index contributed by atoms with van der Waals surface area (Å²) in [6, 6.07) is 0. The molecule has 0 bridgehead atoms. The summed E-state index contributed by atoms with van der Waals surface area (Å²) in [5.41, 5.74) is 0. The minimum absolute atomic E-state index is 0. The number of aliphatic hydroxyl groups excluding tert-OH is 1. The minimum Gasteiger partial charge on any atom is -0.748 e. The molecule has 0 amide bonds. The first kappa shape index (κ1) is 33.0. The average Bonchev–Trinajstić information content (AvgIpc) is 2.67. The summed E-state index contributed by atoms with van der Waals surface area (Å²) in [5.74, 6) is 0. The topological polar surface area (TPSA) is 77.4 Å². The molecular formula is C24H49NaO4S. The fraction of sp³-hybridized carbons (Fsp3) is 1.00. The molecule has 2 atom stereocenters. The van der Waals surface area contributed by atoms with Gasteiger partial charge in [-0.1, -0.05) is 110 Å². The molecule has 0 saturated carbocycles. The summed E-state index contributed by atoms with van der Waals surface area (Å²) >= 11 is 0. The van der Waals surface area contributed by atoms with Crippen molar-refractivity contribution in [1.29, 1.82) is 0 Å². The van der Waals surface area contributed by atoms with Crippen molar-refractivity contribution in [3.8, 4) is 0 Å². The SMILES string of the molecule is CCCCCCCCCCCCCCCC(CCCC(O)CCCC)S(=O)(=O)[O-].[Na+]. The molecule has 0 fully saturated rings. The molecule has 6 heteroatoms. The van der Waals surface area contributed by atoms with E-state index in [4.69, 9.17) is 0 Å². The Morgan fingerprint density at radius 1 is 0.600 bits per heavy atom. The average molecular weight is 457 g/mol. The van der Waals surface area contributed by atoms with Gasteiger partial charge >= 0.3 is 29.6 Å². The molecule has 1 N–H and O–H groups in total. The van der Waals surface area contributed by atoms with Gasteiger partial charge in [-0.15, -0.1) is 0 Å². The van der Waals surface area contributed by atoms with Crippen molar-refractivity contribution in [1.82, 2.24) is 0 Å². The van der Waals surface area contributed by atoms with Gasteiger partial charge in [0.15, 0.2) is 0 Å². The Morgan fingerprint density at radius 3 is 1.40 bits per heavy atom. The zero-order valence-electron chi connectivity index (χ0n) is 20.4. The summed E-state index contributed by atoms with van der Waals surface area (Å²) in [6.07, 6.45) is 20.8. The summed E-state index contributed by atoms with van der Waals surface area (Å²) in [7, 11) is -4.23. The van der Waals surface area contributed by atoms with Crippen molar-refractivity contribution in [3.63, 3.8) is 0 Å². The van der Waals surface area contributed by atoms with Crippen LogP contribution in [0.1, 0.15) is 142 Å². The van der Waals surface area contributed by atoms with Crippen molar-refractivity contribution in [3.05, 3.63) is 0 Å². The van der Waals surface area contributed by atoms with Crippen LogP contribution < -0.4 is 29.6 Å². The van der Waals surface area contributed by atoms with E-state index in [-0.39, 0.29) is 35.7 Å². The van der Waals surface area contributed by atoms with Crippen LogP contribution in [0.15, 0.2) is 0 Å². The van der Waals surface area contributed by atoms with Gasteiger partial charge in [-0.2, -0.15) is 0 Å². The fourth-order valence-electron chi connectivity index (χ4n) is 3.99. The van der Waals surface area contributed by atoms with Crippen molar-refractivity contribution in [2.24, 2.45) is 0 Å². The normalized spacial score (nSPS) is 13.7. The van der Waals surface area contributed by atoms with Crippen LogP contribution >= 0.6 is 0 Å². The smallest absolute Gasteiger partial charge is 0.748 e. The van der Waals surface area contributed by atoms with Crippen LogP contribution in [0.2, 0.25) is 0 Å². The summed E-state index contributed by atoms with van der Waals surface area (Å²) < 4.78 is 34.5. The van der Waals surface area contributed by atoms with Crippen LogP contribution in [0.3, 0.4) is 0 Å². The van der Waals surface area contributed by atoms with Crippen LogP contribution in [0.25, 0.3) is 0 Å². The number of hydrogen-bond acceptors (Lipinski definition) is 4. The first-order valence-corrected chi connectivity index (χ1v) is 14.0. The van der Waals surface area contributed by atoms with Crippen LogP contribution in [0.5, 0.6) is 0 Å². The second kappa shape index (κ2) is 23.0. The van der Waals surface area contributed by atoms with E-state index in [1.165, 1.54) is 64.2 Å². The molecule has 0 heterocycles.